The van der Waals surface area contributed by atoms with Gasteiger partial charge >= 0.3 is 12.4 Å². The number of ketones is 1. The monoisotopic (exact) mass is 599 g/mol. The maximum atomic E-state index is 14.1. The summed E-state index contributed by atoms with van der Waals surface area (Å²) < 4.78 is 81.7. The fraction of sp³-hybridized carbons (Fsp3) is 0.500. The van der Waals surface area contributed by atoms with Crippen molar-refractivity contribution in [3.05, 3.63) is 81.9 Å². The molecular formula is C30H35F6N3OS. The van der Waals surface area contributed by atoms with Gasteiger partial charge in [-0.1, -0.05) is 30.4 Å². The fourth-order valence-corrected chi connectivity index (χ4v) is 6.31. The van der Waals surface area contributed by atoms with Gasteiger partial charge < -0.3 is 5.32 Å². The third kappa shape index (κ3) is 8.15. The number of alkyl halides is 6. The summed E-state index contributed by atoms with van der Waals surface area (Å²) in [6.07, 6.45) is -5.86. The number of hydrogen-bond donors (Lipinski definition) is 1. The highest BCUT2D eigenvalue weighted by atomic mass is 32.2. The molecule has 0 aliphatic carbocycles. The second-order valence-electron chi connectivity index (χ2n) is 10.8. The van der Waals surface area contributed by atoms with Crippen molar-refractivity contribution in [2.75, 3.05) is 57.3 Å². The molecule has 0 aromatic heterocycles. The Hall–Kier alpha value is -2.34. The molecule has 1 N–H and O–H groups in total. The number of nitrogens with one attached hydrogen (secondary N) is 1. The molecule has 41 heavy (non-hydrogen) atoms. The molecule has 224 valence electrons. The van der Waals surface area contributed by atoms with Gasteiger partial charge in [-0.15, -0.1) is 0 Å². The molecule has 0 radical (unpaired) electrons. The second-order valence-corrected chi connectivity index (χ2v) is 12.1. The van der Waals surface area contributed by atoms with E-state index in [0.29, 0.717) is 31.8 Å². The predicted octanol–water partition coefficient (Wildman–Crippen LogP) is 6.02. The highest BCUT2D eigenvalue weighted by Crippen LogP contribution is 2.37. The minimum Gasteiger partial charge on any atom is -0.302 e. The minimum absolute atomic E-state index is 0.0548. The predicted molar refractivity (Wildman–Crippen MR) is 150 cm³/mol. The molecule has 2 aliphatic heterocycles. The van der Waals surface area contributed by atoms with Crippen LogP contribution in [0.5, 0.6) is 0 Å². The van der Waals surface area contributed by atoms with Crippen LogP contribution in [0.3, 0.4) is 0 Å². The summed E-state index contributed by atoms with van der Waals surface area (Å²) in [5.74, 6) is 1.41. The van der Waals surface area contributed by atoms with Crippen LogP contribution in [0.2, 0.25) is 0 Å². The zero-order valence-electron chi connectivity index (χ0n) is 23.2. The Morgan fingerprint density at radius 2 is 1.49 bits per heavy atom. The maximum Gasteiger partial charge on any atom is 0.416 e. The Labute approximate surface area is 241 Å². The summed E-state index contributed by atoms with van der Waals surface area (Å²) in [7, 11) is 0. The topological polar surface area (TPSA) is 35.6 Å². The van der Waals surface area contributed by atoms with Gasteiger partial charge in [0.2, 0.25) is 0 Å². The van der Waals surface area contributed by atoms with E-state index < -0.39 is 40.4 Å². The number of aryl methyl sites for hydroxylation is 2. The zero-order valence-corrected chi connectivity index (χ0v) is 24.0. The van der Waals surface area contributed by atoms with Crippen molar-refractivity contribution in [3.63, 3.8) is 0 Å². The fourth-order valence-electron chi connectivity index (χ4n) is 5.33. The first-order valence-corrected chi connectivity index (χ1v) is 14.8. The molecule has 0 amide bonds. The third-order valence-electron chi connectivity index (χ3n) is 7.74. The molecule has 11 heteroatoms. The number of carbonyl (C=O) groups excluding carboxylic acids is 1. The molecule has 2 saturated heterocycles. The summed E-state index contributed by atoms with van der Waals surface area (Å²) in [4.78, 5) is 18.4. The summed E-state index contributed by atoms with van der Waals surface area (Å²) in [5.41, 5.74) is -2.22. The quantitative estimate of drug-likeness (QED) is 0.228. The van der Waals surface area contributed by atoms with Crippen molar-refractivity contribution >= 4 is 17.5 Å². The maximum absolute atomic E-state index is 14.1. The Kier molecular flexibility index (Phi) is 9.93. The van der Waals surface area contributed by atoms with Gasteiger partial charge in [-0.2, -0.15) is 38.1 Å². The van der Waals surface area contributed by atoms with Crippen LogP contribution in [-0.2, 0) is 18.8 Å². The molecule has 0 unspecified atom stereocenters. The van der Waals surface area contributed by atoms with Gasteiger partial charge in [-0.25, -0.2) is 0 Å². The second kappa shape index (κ2) is 12.9. The molecule has 2 aromatic carbocycles. The lowest BCUT2D eigenvalue weighted by Crippen LogP contribution is -2.65. The number of carbonyl (C=O) groups is 1. The number of Topliss-reactive ketones (excluding diaryl/α,β-unsaturated/α-hetero) is 1. The Balaban J connectivity index is 1.65. The van der Waals surface area contributed by atoms with Crippen LogP contribution in [0, 0.1) is 13.8 Å². The van der Waals surface area contributed by atoms with E-state index in [2.05, 4.69) is 16.3 Å². The van der Waals surface area contributed by atoms with Crippen LogP contribution in [0.15, 0.2) is 48.6 Å². The largest absolute Gasteiger partial charge is 0.416 e. The first kappa shape index (κ1) is 31.6. The molecule has 0 bridgehead atoms. The van der Waals surface area contributed by atoms with Crippen molar-refractivity contribution in [2.45, 2.75) is 38.2 Å². The SMILES string of the molecule is Cc1ccc(C[C@]2(C(=O)c3cc(C(F)(F)F)cc(C(F)(F)F)c3)CN(C/C=C/CN3CCSCC3)CCN2)cc1C. The highest BCUT2D eigenvalue weighted by molar-refractivity contribution is 7.99. The van der Waals surface area contributed by atoms with E-state index in [9.17, 15) is 31.1 Å². The normalized spacial score (nSPS) is 21.5. The van der Waals surface area contributed by atoms with Crippen molar-refractivity contribution < 1.29 is 31.1 Å². The van der Waals surface area contributed by atoms with Crippen LogP contribution in [-0.4, -0.2) is 78.4 Å². The van der Waals surface area contributed by atoms with Gasteiger partial charge in [0.15, 0.2) is 5.78 Å². The van der Waals surface area contributed by atoms with Crippen molar-refractivity contribution in [3.8, 4) is 0 Å². The molecule has 2 fully saturated rings. The summed E-state index contributed by atoms with van der Waals surface area (Å²) in [6, 6.07) is 6.79. The number of thioether (sulfide) groups is 1. The van der Waals surface area contributed by atoms with Crippen molar-refractivity contribution in [1.29, 1.82) is 0 Å². The Morgan fingerprint density at radius 1 is 0.878 bits per heavy atom. The van der Waals surface area contributed by atoms with Crippen LogP contribution in [0.25, 0.3) is 0 Å². The standard InChI is InChI=1S/C30H35F6N3OS/c1-21-5-6-23(15-22(21)2)19-28(20-39(10-7-37-28)9-4-3-8-38-11-13-41-14-12-38)27(40)24-16-25(29(31,32)33)18-26(17-24)30(34,35)36/h3-6,15-18,37H,7-14,19-20H2,1-2H3/b4-3+/t28-/m1/s1. The lowest BCUT2D eigenvalue weighted by atomic mass is 9.80. The lowest BCUT2D eigenvalue weighted by Gasteiger charge is -2.43. The molecule has 2 aromatic rings. The molecule has 2 aliphatic rings. The van der Waals surface area contributed by atoms with Crippen LogP contribution in [0.1, 0.15) is 38.2 Å². The van der Waals surface area contributed by atoms with E-state index in [-0.39, 0.29) is 19.0 Å². The average molecular weight is 600 g/mol. The first-order chi connectivity index (χ1) is 19.3. The number of piperazine rings is 1. The smallest absolute Gasteiger partial charge is 0.302 e. The van der Waals surface area contributed by atoms with Crippen molar-refractivity contribution in [2.24, 2.45) is 0 Å². The van der Waals surface area contributed by atoms with Crippen LogP contribution < -0.4 is 5.32 Å². The summed E-state index contributed by atoms with van der Waals surface area (Å²) in [6.45, 7) is 8.31. The molecule has 0 spiro atoms. The molecule has 0 saturated carbocycles. The van der Waals surface area contributed by atoms with Gasteiger partial charge in [0.25, 0.3) is 0 Å². The molecule has 1 atom stereocenters. The zero-order chi connectivity index (χ0) is 29.8. The number of halogens is 6. The van der Waals surface area contributed by atoms with Gasteiger partial charge in [-0.05, 0) is 55.2 Å². The number of benzene rings is 2. The molecular weight excluding hydrogens is 564 g/mol. The van der Waals surface area contributed by atoms with E-state index >= 15 is 0 Å². The number of hydrogen-bond acceptors (Lipinski definition) is 5. The van der Waals surface area contributed by atoms with E-state index in [1.807, 2.05) is 54.8 Å². The van der Waals surface area contributed by atoms with Gasteiger partial charge in [0, 0.05) is 62.9 Å². The van der Waals surface area contributed by atoms with E-state index in [4.69, 9.17) is 0 Å². The Bertz CT molecular complexity index is 1220. The number of rotatable bonds is 8. The average Bonchev–Trinajstić information content (AvgIpc) is 2.92. The van der Waals surface area contributed by atoms with Crippen LogP contribution >= 0.6 is 11.8 Å². The van der Waals surface area contributed by atoms with Crippen LogP contribution in [0.4, 0.5) is 26.3 Å². The van der Waals surface area contributed by atoms with Gasteiger partial charge in [-0.3, -0.25) is 14.6 Å². The summed E-state index contributed by atoms with van der Waals surface area (Å²) in [5, 5.41) is 3.21. The molecule has 4 nitrogen and oxygen atoms in total. The van der Waals surface area contributed by atoms with E-state index in [1.54, 1.807) is 0 Å². The van der Waals surface area contributed by atoms with Gasteiger partial charge in [0.1, 0.15) is 0 Å². The number of nitrogens with zero attached hydrogens (tertiary/aromatic N) is 2. The first-order valence-electron chi connectivity index (χ1n) is 13.6. The minimum atomic E-state index is -5.04. The highest BCUT2D eigenvalue weighted by Gasteiger charge is 2.44. The summed E-state index contributed by atoms with van der Waals surface area (Å²) >= 11 is 1.93. The lowest BCUT2D eigenvalue weighted by molar-refractivity contribution is -0.143. The molecule has 4 rings (SSSR count). The Morgan fingerprint density at radius 3 is 2.07 bits per heavy atom. The third-order valence-corrected chi connectivity index (χ3v) is 8.69. The van der Waals surface area contributed by atoms with E-state index in [1.165, 1.54) is 0 Å². The van der Waals surface area contributed by atoms with E-state index in [0.717, 1.165) is 47.8 Å². The van der Waals surface area contributed by atoms with Gasteiger partial charge in [0.05, 0.1) is 16.7 Å². The van der Waals surface area contributed by atoms with Crippen molar-refractivity contribution in [1.82, 2.24) is 15.1 Å². The molecule has 2 heterocycles.